The van der Waals surface area contributed by atoms with Gasteiger partial charge in [0.1, 0.15) is 6.61 Å². The van der Waals surface area contributed by atoms with Gasteiger partial charge in [-0.25, -0.2) is 4.98 Å². The molecule has 0 aliphatic carbocycles. The molecule has 0 spiro atoms. The van der Waals surface area contributed by atoms with E-state index >= 15 is 0 Å². The summed E-state index contributed by atoms with van der Waals surface area (Å²) in [7, 11) is 0. The van der Waals surface area contributed by atoms with E-state index in [9.17, 15) is 0 Å². The first-order chi connectivity index (χ1) is 9.20. The van der Waals surface area contributed by atoms with E-state index in [1.807, 2.05) is 38.1 Å². The third-order valence-corrected chi connectivity index (χ3v) is 3.36. The van der Waals surface area contributed by atoms with Gasteiger partial charge in [-0.1, -0.05) is 34.1 Å². The van der Waals surface area contributed by atoms with Crippen molar-refractivity contribution in [1.82, 2.24) is 9.97 Å². The maximum Gasteiger partial charge on any atom is 0.225 e. The Bertz CT molecular complexity index is 560. The zero-order valence-corrected chi connectivity index (χ0v) is 12.6. The van der Waals surface area contributed by atoms with E-state index in [-0.39, 0.29) is 0 Å². The molecule has 0 atom stereocenters. The highest BCUT2D eigenvalue weighted by molar-refractivity contribution is 9.10. The van der Waals surface area contributed by atoms with Crippen LogP contribution in [0.3, 0.4) is 0 Å². The lowest BCUT2D eigenvalue weighted by Crippen LogP contribution is -2.05. The molecule has 0 amide bonds. The predicted molar refractivity (Wildman–Crippen MR) is 79.4 cm³/mol. The summed E-state index contributed by atoms with van der Waals surface area (Å²) < 4.78 is 6.81. The molecule has 1 aromatic carbocycles. The van der Waals surface area contributed by atoms with Crippen molar-refractivity contribution in [3.63, 3.8) is 0 Å². The molecule has 0 aliphatic heterocycles. The summed E-state index contributed by atoms with van der Waals surface area (Å²) in [5.74, 6) is 1.21. The van der Waals surface area contributed by atoms with Gasteiger partial charge in [0, 0.05) is 28.3 Å². The number of aryl methyl sites for hydroxylation is 1. The normalized spacial score (nSPS) is 10.3. The van der Waals surface area contributed by atoms with Gasteiger partial charge in [0.2, 0.25) is 11.8 Å². The lowest BCUT2D eigenvalue weighted by molar-refractivity contribution is 0.290. The molecular weight excluding hydrogens is 306 g/mol. The first-order valence-electron chi connectivity index (χ1n) is 6.14. The lowest BCUT2D eigenvalue weighted by atomic mass is 10.2. The van der Waals surface area contributed by atoms with Crippen molar-refractivity contribution in [3.05, 3.63) is 46.1 Å². The van der Waals surface area contributed by atoms with Crippen LogP contribution in [0.1, 0.15) is 18.1 Å². The van der Waals surface area contributed by atoms with Gasteiger partial charge in [-0.3, -0.25) is 0 Å². The monoisotopic (exact) mass is 321 g/mol. The van der Waals surface area contributed by atoms with Gasteiger partial charge in [-0.15, -0.1) is 0 Å². The van der Waals surface area contributed by atoms with Crippen molar-refractivity contribution >= 4 is 21.9 Å². The number of aromatic nitrogens is 2. The quantitative estimate of drug-likeness (QED) is 0.914. The second-order valence-electron chi connectivity index (χ2n) is 4.09. The third kappa shape index (κ3) is 3.67. The lowest BCUT2D eigenvalue weighted by Gasteiger charge is -2.10. The molecule has 2 aromatic rings. The van der Waals surface area contributed by atoms with E-state index in [0.717, 1.165) is 22.1 Å². The number of benzene rings is 1. The SMILES string of the molecule is CCNc1ncc(C)c(OCc2ccccc2Br)n1. The molecule has 0 radical (unpaired) electrons. The summed E-state index contributed by atoms with van der Waals surface area (Å²) >= 11 is 3.50. The molecule has 0 saturated heterocycles. The fraction of sp³-hybridized carbons (Fsp3) is 0.286. The molecule has 0 fully saturated rings. The van der Waals surface area contributed by atoms with Gasteiger partial charge < -0.3 is 10.1 Å². The largest absolute Gasteiger partial charge is 0.472 e. The zero-order valence-electron chi connectivity index (χ0n) is 11.0. The Hall–Kier alpha value is -1.62. The molecule has 0 bridgehead atoms. The molecule has 1 heterocycles. The predicted octanol–water partition coefficient (Wildman–Crippen LogP) is 3.56. The summed E-state index contributed by atoms with van der Waals surface area (Å²) in [6.07, 6.45) is 1.76. The van der Waals surface area contributed by atoms with Gasteiger partial charge in [0.15, 0.2) is 0 Å². The van der Waals surface area contributed by atoms with Crippen molar-refractivity contribution in [1.29, 1.82) is 0 Å². The van der Waals surface area contributed by atoms with Gasteiger partial charge in [0.25, 0.3) is 0 Å². The van der Waals surface area contributed by atoms with E-state index in [4.69, 9.17) is 4.74 Å². The van der Waals surface area contributed by atoms with Crippen molar-refractivity contribution in [3.8, 4) is 5.88 Å². The van der Waals surface area contributed by atoms with Crippen LogP contribution in [0.5, 0.6) is 5.88 Å². The molecule has 1 aromatic heterocycles. The van der Waals surface area contributed by atoms with Crippen LogP contribution in [0.2, 0.25) is 0 Å². The van der Waals surface area contributed by atoms with Crippen molar-refractivity contribution < 1.29 is 4.74 Å². The Kier molecular flexibility index (Phi) is 4.74. The number of nitrogens with one attached hydrogen (secondary N) is 1. The number of hydrogen-bond donors (Lipinski definition) is 1. The third-order valence-electron chi connectivity index (χ3n) is 2.58. The standard InChI is InChI=1S/C14H16BrN3O/c1-3-16-14-17-8-10(2)13(18-14)19-9-11-6-4-5-7-12(11)15/h4-8H,3,9H2,1-2H3,(H,16,17,18). The van der Waals surface area contributed by atoms with Crippen molar-refractivity contribution in [2.75, 3.05) is 11.9 Å². The minimum atomic E-state index is 0.477. The zero-order chi connectivity index (χ0) is 13.7. The second-order valence-corrected chi connectivity index (χ2v) is 4.95. The number of nitrogens with zero attached hydrogens (tertiary/aromatic N) is 2. The van der Waals surface area contributed by atoms with Crippen molar-refractivity contribution in [2.24, 2.45) is 0 Å². The average Bonchev–Trinajstić information content (AvgIpc) is 2.41. The molecule has 100 valence electrons. The van der Waals surface area contributed by atoms with Crippen molar-refractivity contribution in [2.45, 2.75) is 20.5 Å². The highest BCUT2D eigenvalue weighted by Gasteiger charge is 2.06. The molecule has 0 unspecified atom stereocenters. The number of hydrogen-bond acceptors (Lipinski definition) is 4. The summed E-state index contributed by atoms with van der Waals surface area (Å²) in [5, 5.41) is 3.07. The molecular formula is C14H16BrN3O. The van der Waals surface area contributed by atoms with Gasteiger partial charge in [0.05, 0.1) is 0 Å². The molecule has 2 rings (SSSR count). The Morgan fingerprint density at radius 2 is 2.11 bits per heavy atom. The Morgan fingerprint density at radius 1 is 1.32 bits per heavy atom. The summed E-state index contributed by atoms with van der Waals surface area (Å²) in [6, 6.07) is 7.98. The van der Waals surface area contributed by atoms with E-state index < -0.39 is 0 Å². The fourth-order valence-corrected chi connectivity index (χ4v) is 1.98. The molecule has 5 heteroatoms. The maximum atomic E-state index is 5.77. The van der Waals surface area contributed by atoms with Crippen LogP contribution in [-0.2, 0) is 6.61 Å². The number of ether oxygens (including phenoxy) is 1. The average molecular weight is 322 g/mol. The molecule has 0 saturated carbocycles. The van der Waals surface area contributed by atoms with Gasteiger partial charge in [-0.2, -0.15) is 4.98 Å². The van der Waals surface area contributed by atoms with Crippen LogP contribution in [0.15, 0.2) is 34.9 Å². The van der Waals surface area contributed by atoms with Crippen LogP contribution in [0.4, 0.5) is 5.95 Å². The van der Waals surface area contributed by atoms with E-state index in [1.54, 1.807) is 6.20 Å². The van der Waals surface area contributed by atoms with E-state index in [2.05, 4.69) is 31.2 Å². The summed E-state index contributed by atoms with van der Waals surface area (Å²) in [6.45, 7) is 5.20. The minimum absolute atomic E-state index is 0.477. The Labute approximate surface area is 121 Å². The maximum absolute atomic E-state index is 5.77. The minimum Gasteiger partial charge on any atom is -0.472 e. The van der Waals surface area contributed by atoms with Crippen LogP contribution in [0.25, 0.3) is 0 Å². The van der Waals surface area contributed by atoms with Crippen LogP contribution >= 0.6 is 15.9 Å². The van der Waals surface area contributed by atoms with Crippen LogP contribution in [0, 0.1) is 6.92 Å². The highest BCUT2D eigenvalue weighted by atomic mass is 79.9. The first-order valence-corrected chi connectivity index (χ1v) is 6.93. The Balaban J connectivity index is 2.10. The molecule has 4 nitrogen and oxygen atoms in total. The fourth-order valence-electron chi connectivity index (χ4n) is 1.58. The molecule has 19 heavy (non-hydrogen) atoms. The number of anilines is 1. The van der Waals surface area contributed by atoms with Gasteiger partial charge >= 0.3 is 0 Å². The molecule has 0 aliphatic rings. The second kappa shape index (κ2) is 6.52. The smallest absolute Gasteiger partial charge is 0.225 e. The Morgan fingerprint density at radius 3 is 2.84 bits per heavy atom. The molecule has 1 N–H and O–H groups in total. The highest BCUT2D eigenvalue weighted by Crippen LogP contribution is 2.20. The number of rotatable bonds is 5. The first kappa shape index (κ1) is 13.8. The topological polar surface area (TPSA) is 47.0 Å². The van der Waals surface area contributed by atoms with E-state index in [1.165, 1.54) is 0 Å². The number of halogens is 1. The van der Waals surface area contributed by atoms with Gasteiger partial charge in [-0.05, 0) is 19.9 Å². The summed E-state index contributed by atoms with van der Waals surface area (Å²) in [5.41, 5.74) is 2.01. The van der Waals surface area contributed by atoms with Crippen LogP contribution < -0.4 is 10.1 Å². The summed E-state index contributed by atoms with van der Waals surface area (Å²) in [4.78, 5) is 8.54. The van der Waals surface area contributed by atoms with Crippen LogP contribution in [-0.4, -0.2) is 16.5 Å². The van der Waals surface area contributed by atoms with E-state index in [0.29, 0.717) is 18.4 Å².